The molecule has 0 aromatic rings. The maximum Gasteiger partial charge on any atom is 0.184 e. The summed E-state index contributed by atoms with van der Waals surface area (Å²) in [5, 5.41) is 19.7. The molecule has 0 saturated heterocycles. The van der Waals surface area contributed by atoms with Gasteiger partial charge < -0.3 is 10.2 Å². The lowest BCUT2D eigenvalue weighted by Gasteiger charge is -2.22. The molecule has 0 aromatic carbocycles. The fraction of sp³-hybridized carbons (Fsp3) is 0.833. The molecule has 0 aliphatic heterocycles. The van der Waals surface area contributed by atoms with Crippen molar-refractivity contribution in [2.45, 2.75) is 51.2 Å². The van der Waals surface area contributed by atoms with E-state index in [1.807, 2.05) is 6.92 Å². The van der Waals surface area contributed by atoms with E-state index in [1.54, 1.807) is 0 Å². The van der Waals surface area contributed by atoms with Crippen LogP contribution in [0.25, 0.3) is 0 Å². The van der Waals surface area contributed by atoms with E-state index in [2.05, 4.69) is 11.8 Å². The SMILES string of the molecule is CCC#C[C@H]1C(O)(O)C12CCCCC2. The first-order valence-electron chi connectivity index (χ1n) is 5.58. The van der Waals surface area contributed by atoms with Crippen molar-refractivity contribution in [3.63, 3.8) is 0 Å². The summed E-state index contributed by atoms with van der Waals surface area (Å²) in [6.07, 6.45) is 6.13. The van der Waals surface area contributed by atoms with Gasteiger partial charge in [0, 0.05) is 11.8 Å². The van der Waals surface area contributed by atoms with Crippen LogP contribution < -0.4 is 0 Å². The summed E-state index contributed by atoms with van der Waals surface area (Å²) in [5.41, 5.74) is -0.270. The van der Waals surface area contributed by atoms with Gasteiger partial charge in [-0.15, -0.1) is 5.92 Å². The second kappa shape index (κ2) is 3.25. The van der Waals surface area contributed by atoms with Gasteiger partial charge in [0.05, 0.1) is 5.92 Å². The highest BCUT2D eigenvalue weighted by atomic mass is 16.5. The molecule has 0 heterocycles. The minimum atomic E-state index is -1.49. The summed E-state index contributed by atoms with van der Waals surface area (Å²) in [7, 11) is 0. The van der Waals surface area contributed by atoms with Gasteiger partial charge in [0.15, 0.2) is 5.79 Å². The molecule has 1 spiro atoms. The number of aliphatic hydroxyl groups is 2. The molecule has 2 fully saturated rings. The van der Waals surface area contributed by atoms with E-state index in [9.17, 15) is 10.2 Å². The molecule has 2 aliphatic rings. The van der Waals surface area contributed by atoms with Gasteiger partial charge in [-0.1, -0.05) is 32.1 Å². The first-order valence-corrected chi connectivity index (χ1v) is 5.58. The largest absolute Gasteiger partial charge is 0.364 e. The zero-order chi connectivity index (χ0) is 10.2. The average Bonchev–Trinajstić information content (AvgIpc) is 2.61. The minimum absolute atomic E-state index is 0.185. The third-order valence-electron chi connectivity index (χ3n) is 3.77. The average molecular weight is 194 g/mol. The van der Waals surface area contributed by atoms with Crippen molar-refractivity contribution in [3.05, 3.63) is 0 Å². The van der Waals surface area contributed by atoms with Gasteiger partial charge >= 0.3 is 0 Å². The van der Waals surface area contributed by atoms with E-state index in [0.29, 0.717) is 0 Å². The van der Waals surface area contributed by atoms with Gasteiger partial charge in [-0.3, -0.25) is 0 Å². The van der Waals surface area contributed by atoms with Crippen molar-refractivity contribution < 1.29 is 10.2 Å². The molecule has 2 aliphatic carbocycles. The van der Waals surface area contributed by atoms with E-state index in [0.717, 1.165) is 32.1 Å². The number of rotatable bonds is 0. The first kappa shape index (κ1) is 10.0. The molecule has 2 saturated carbocycles. The number of hydrogen-bond acceptors (Lipinski definition) is 2. The number of hydrogen-bond donors (Lipinski definition) is 2. The Balaban J connectivity index is 2.13. The smallest absolute Gasteiger partial charge is 0.184 e. The second-order valence-electron chi connectivity index (χ2n) is 4.55. The predicted octanol–water partition coefficient (Wildman–Crippen LogP) is 1.66. The molecule has 0 amide bonds. The van der Waals surface area contributed by atoms with E-state index < -0.39 is 5.79 Å². The molecule has 0 radical (unpaired) electrons. The summed E-state index contributed by atoms with van der Waals surface area (Å²) in [4.78, 5) is 0. The first-order chi connectivity index (χ1) is 6.65. The Kier molecular flexibility index (Phi) is 2.33. The molecule has 0 unspecified atom stereocenters. The molecular weight excluding hydrogens is 176 g/mol. The summed E-state index contributed by atoms with van der Waals surface area (Å²) >= 11 is 0. The zero-order valence-electron chi connectivity index (χ0n) is 8.71. The van der Waals surface area contributed by atoms with Crippen molar-refractivity contribution in [3.8, 4) is 11.8 Å². The van der Waals surface area contributed by atoms with E-state index in [4.69, 9.17) is 0 Å². The molecule has 14 heavy (non-hydrogen) atoms. The molecule has 2 rings (SSSR count). The summed E-state index contributed by atoms with van der Waals surface area (Å²) in [5.74, 6) is 4.30. The highest BCUT2D eigenvalue weighted by molar-refractivity contribution is 5.29. The second-order valence-corrected chi connectivity index (χ2v) is 4.55. The Morgan fingerprint density at radius 1 is 1.21 bits per heavy atom. The van der Waals surface area contributed by atoms with Gasteiger partial charge in [0.2, 0.25) is 0 Å². The standard InChI is InChI=1S/C12H18O2/c1-2-3-7-10-11(12(10,13)14)8-5-4-6-9-11/h10,13-14H,2,4-6,8-9H2,1H3/t10-/m1/s1. The van der Waals surface area contributed by atoms with Crippen LogP contribution in [0.1, 0.15) is 45.4 Å². The van der Waals surface area contributed by atoms with Crippen molar-refractivity contribution in [1.29, 1.82) is 0 Å². The third kappa shape index (κ3) is 1.20. The lowest BCUT2D eigenvalue weighted by Crippen LogP contribution is -2.21. The van der Waals surface area contributed by atoms with Crippen molar-refractivity contribution in [2.75, 3.05) is 0 Å². The fourth-order valence-corrected chi connectivity index (χ4v) is 2.84. The molecule has 2 N–H and O–H groups in total. The van der Waals surface area contributed by atoms with E-state index >= 15 is 0 Å². The maximum absolute atomic E-state index is 9.85. The summed E-state index contributed by atoms with van der Waals surface area (Å²) < 4.78 is 0. The van der Waals surface area contributed by atoms with E-state index in [-0.39, 0.29) is 11.3 Å². The zero-order valence-corrected chi connectivity index (χ0v) is 8.71. The molecule has 2 nitrogen and oxygen atoms in total. The Hall–Kier alpha value is -0.520. The lowest BCUT2D eigenvalue weighted by molar-refractivity contribution is -0.113. The minimum Gasteiger partial charge on any atom is -0.364 e. The van der Waals surface area contributed by atoms with Crippen LogP contribution in [0.4, 0.5) is 0 Å². The van der Waals surface area contributed by atoms with Gasteiger partial charge in [-0.25, -0.2) is 0 Å². The van der Waals surface area contributed by atoms with Gasteiger partial charge in [-0.2, -0.15) is 0 Å². The Bertz CT molecular complexity index is 276. The van der Waals surface area contributed by atoms with Crippen LogP contribution in [0.15, 0.2) is 0 Å². The predicted molar refractivity (Wildman–Crippen MR) is 54.2 cm³/mol. The van der Waals surface area contributed by atoms with Gasteiger partial charge in [-0.05, 0) is 12.8 Å². The molecule has 2 heteroatoms. The monoisotopic (exact) mass is 194 g/mol. The fourth-order valence-electron chi connectivity index (χ4n) is 2.84. The van der Waals surface area contributed by atoms with Crippen LogP contribution in [0, 0.1) is 23.2 Å². The van der Waals surface area contributed by atoms with Gasteiger partial charge in [0.1, 0.15) is 0 Å². The molecular formula is C12H18O2. The van der Waals surface area contributed by atoms with Crippen molar-refractivity contribution in [1.82, 2.24) is 0 Å². The van der Waals surface area contributed by atoms with Crippen LogP contribution in [0.3, 0.4) is 0 Å². The Labute approximate surface area is 85.3 Å². The molecule has 0 aromatic heterocycles. The van der Waals surface area contributed by atoms with Gasteiger partial charge in [0.25, 0.3) is 0 Å². The van der Waals surface area contributed by atoms with Crippen molar-refractivity contribution in [2.24, 2.45) is 11.3 Å². The van der Waals surface area contributed by atoms with E-state index in [1.165, 1.54) is 6.42 Å². The lowest BCUT2D eigenvalue weighted by atomic mass is 9.84. The Morgan fingerprint density at radius 2 is 1.86 bits per heavy atom. The quantitative estimate of drug-likeness (QED) is 0.455. The molecule has 0 bridgehead atoms. The summed E-state index contributed by atoms with van der Waals surface area (Å²) in [6, 6.07) is 0. The summed E-state index contributed by atoms with van der Waals surface area (Å²) in [6.45, 7) is 1.99. The topological polar surface area (TPSA) is 40.5 Å². The normalized spacial score (nSPS) is 32.1. The van der Waals surface area contributed by atoms with Crippen LogP contribution >= 0.6 is 0 Å². The highest BCUT2D eigenvalue weighted by Crippen LogP contribution is 2.67. The molecule has 1 atom stereocenters. The Morgan fingerprint density at radius 3 is 2.43 bits per heavy atom. The van der Waals surface area contributed by atoms with Crippen LogP contribution in [-0.4, -0.2) is 16.0 Å². The van der Waals surface area contributed by atoms with Crippen LogP contribution in [-0.2, 0) is 0 Å². The maximum atomic E-state index is 9.85. The van der Waals surface area contributed by atoms with Crippen LogP contribution in [0.5, 0.6) is 0 Å². The van der Waals surface area contributed by atoms with Crippen LogP contribution in [0.2, 0.25) is 0 Å². The molecule has 78 valence electrons. The highest BCUT2D eigenvalue weighted by Gasteiger charge is 2.75. The third-order valence-corrected chi connectivity index (χ3v) is 3.77. The van der Waals surface area contributed by atoms with Crippen molar-refractivity contribution >= 4 is 0 Å².